The van der Waals surface area contributed by atoms with Crippen molar-refractivity contribution in [1.82, 2.24) is 20.9 Å². The highest BCUT2D eigenvalue weighted by Crippen LogP contribution is 2.24. The van der Waals surface area contributed by atoms with Crippen molar-refractivity contribution in [3.63, 3.8) is 0 Å². The van der Waals surface area contributed by atoms with Gasteiger partial charge >= 0.3 is 0 Å². The van der Waals surface area contributed by atoms with E-state index < -0.39 is 29.8 Å². The van der Waals surface area contributed by atoms with Crippen molar-refractivity contribution in [2.45, 2.75) is 51.6 Å². The molecule has 3 N–H and O–H groups in total. The zero-order valence-corrected chi connectivity index (χ0v) is 26.3. The first-order valence-corrected chi connectivity index (χ1v) is 15.2. The highest BCUT2D eigenvalue weighted by Gasteiger charge is 2.30. The lowest BCUT2D eigenvalue weighted by atomic mass is 10.0. The van der Waals surface area contributed by atoms with Crippen LogP contribution in [0.2, 0.25) is 0 Å². The zero-order chi connectivity index (χ0) is 32.3. The molecule has 0 aromatic heterocycles. The van der Waals surface area contributed by atoms with Gasteiger partial charge < -0.3 is 30.3 Å². The molecule has 0 aliphatic carbocycles. The summed E-state index contributed by atoms with van der Waals surface area (Å²) >= 11 is 0. The van der Waals surface area contributed by atoms with Gasteiger partial charge in [-0.15, -0.1) is 0 Å². The average Bonchev–Trinajstić information content (AvgIpc) is 3.02. The highest BCUT2D eigenvalue weighted by molar-refractivity contribution is 6.01. The molecule has 0 saturated carbocycles. The number of fused-ring (bicyclic) bond motifs is 1. The maximum Gasteiger partial charge on any atom is 0.255 e. The molecule has 10 heteroatoms. The van der Waals surface area contributed by atoms with Gasteiger partial charge in [-0.1, -0.05) is 68.4 Å². The fourth-order valence-electron chi connectivity index (χ4n) is 4.97. The van der Waals surface area contributed by atoms with Gasteiger partial charge in [0.1, 0.15) is 36.8 Å². The number of nitrogens with one attached hydrogen (secondary N) is 3. The summed E-state index contributed by atoms with van der Waals surface area (Å²) in [4.78, 5) is 55.0. The van der Waals surface area contributed by atoms with E-state index >= 15 is 0 Å². The van der Waals surface area contributed by atoms with E-state index in [1.165, 1.54) is 4.90 Å². The van der Waals surface area contributed by atoms with E-state index in [4.69, 9.17) is 9.47 Å². The van der Waals surface area contributed by atoms with Crippen molar-refractivity contribution >= 4 is 23.6 Å². The first-order valence-electron chi connectivity index (χ1n) is 15.2. The van der Waals surface area contributed by atoms with Crippen molar-refractivity contribution < 1.29 is 28.7 Å². The summed E-state index contributed by atoms with van der Waals surface area (Å²) in [6.45, 7) is 6.87. The van der Waals surface area contributed by atoms with Crippen molar-refractivity contribution in [2.24, 2.45) is 0 Å². The highest BCUT2D eigenvalue weighted by atomic mass is 16.5. The number of para-hydroxylation sites is 1. The molecule has 0 unspecified atom stereocenters. The molecule has 1 aliphatic heterocycles. The number of rotatable bonds is 8. The molecular weight excluding hydrogens is 572 g/mol. The summed E-state index contributed by atoms with van der Waals surface area (Å²) in [7, 11) is 1.64. The quantitative estimate of drug-likeness (QED) is 0.334. The van der Waals surface area contributed by atoms with E-state index in [1.54, 1.807) is 31.3 Å². The predicted octanol–water partition coefficient (Wildman–Crippen LogP) is 3.38. The number of aryl methyl sites for hydroxylation is 1. The van der Waals surface area contributed by atoms with Crippen LogP contribution in [0.1, 0.15) is 53.2 Å². The number of carbonyl (C=O) groups excluding carboxylic acids is 4. The Morgan fingerprint density at radius 2 is 1.76 bits per heavy atom. The lowest BCUT2D eigenvalue weighted by Gasteiger charge is -2.27. The molecule has 0 spiro atoms. The Morgan fingerprint density at radius 1 is 1.02 bits per heavy atom. The van der Waals surface area contributed by atoms with Gasteiger partial charge in [0, 0.05) is 13.5 Å². The Morgan fingerprint density at radius 3 is 2.51 bits per heavy atom. The minimum atomic E-state index is -1.22. The molecule has 1 heterocycles. The summed E-state index contributed by atoms with van der Waals surface area (Å²) < 4.78 is 11.8. The fraction of sp³-hybridized carbons (Fsp3) is 0.371. The number of likely N-dealkylation sites (N-methyl/N-ethyl adjacent to an activating group) is 1. The van der Waals surface area contributed by atoms with Gasteiger partial charge in [0.25, 0.3) is 5.91 Å². The number of amides is 4. The van der Waals surface area contributed by atoms with Gasteiger partial charge in [0.15, 0.2) is 0 Å². The van der Waals surface area contributed by atoms with E-state index in [9.17, 15) is 19.2 Å². The normalized spacial score (nSPS) is 17.8. The number of hydrogen-bond acceptors (Lipinski definition) is 6. The lowest BCUT2D eigenvalue weighted by Crippen LogP contribution is -2.53. The second-order valence-electron chi connectivity index (χ2n) is 11.5. The second kappa shape index (κ2) is 15.7. The molecule has 3 aromatic carbocycles. The third-order valence-corrected chi connectivity index (χ3v) is 7.66. The topological polar surface area (TPSA) is 126 Å². The molecule has 2 atom stereocenters. The standard InChI is InChI=1S/C35H42N4O6/c1-23(2)26-15-14-24(3)31(21-26)44-18-16-36-34(42)28-22-32(40)37-29(20-25-10-6-5-7-11-25)35(43)39(4)17-19-45-30-13-9-8-12-27(30)33(41)38-28/h5-15,21,23,28-29H,16-20,22H2,1-4H3,(H,36,42)(H,37,40)(H,38,41)/t28-,29-/m0/s1. The Hall–Kier alpha value is -4.86. The van der Waals surface area contributed by atoms with Gasteiger partial charge in [0.05, 0.1) is 25.1 Å². The summed E-state index contributed by atoms with van der Waals surface area (Å²) in [5.74, 6) is -0.559. The van der Waals surface area contributed by atoms with Gasteiger partial charge in [-0.3, -0.25) is 19.2 Å². The number of carbonyl (C=O) groups is 4. The summed E-state index contributed by atoms with van der Waals surface area (Å²) in [5.41, 5.74) is 3.21. The van der Waals surface area contributed by atoms with Gasteiger partial charge in [-0.25, -0.2) is 0 Å². The van der Waals surface area contributed by atoms with E-state index in [-0.39, 0.29) is 50.6 Å². The van der Waals surface area contributed by atoms with Gasteiger partial charge in [0.2, 0.25) is 17.7 Å². The smallest absolute Gasteiger partial charge is 0.255 e. The second-order valence-corrected chi connectivity index (χ2v) is 11.5. The van der Waals surface area contributed by atoms with Crippen LogP contribution in [0.25, 0.3) is 0 Å². The van der Waals surface area contributed by atoms with Crippen LogP contribution in [0.4, 0.5) is 0 Å². The molecular formula is C35H42N4O6. The molecule has 10 nitrogen and oxygen atoms in total. The van der Waals surface area contributed by atoms with Crippen LogP contribution in [0.3, 0.4) is 0 Å². The number of hydrogen-bond donors (Lipinski definition) is 3. The summed E-state index contributed by atoms with van der Waals surface area (Å²) in [6, 6.07) is 20.0. The van der Waals surface area contributed by atoms with Gasteiger partial charge in [-0.05, 0) is 47.7 Å². The Labute approximate surface area is 264 Å². The molecule has 45 heavy (non-hydrogen) atoms. The maximum absolute atomic E-state index is 13.4. The van der Waals surface area contributed by atoms with Crippen LogP contribution in [-0.4, -0.2) is 74.0 Å². The van der Waals surface area contributed by atoms with Crippen LogP contribution >= 0.6 is 0 Å². The van der Waals surface area contributed by atoms with E-state index in [2.05, 4.69) is 35.9 Å². The Kier molecular flexibility index (Phi) is 11.6. The van der Waals surface area contributed by atoms with Crippen LogP contribution in [0.5, 0.6) is 11.5 Å². The minimum absolute atomic E-state index is 0.127. The van der Waals surface area contributed by atoms with Crippen LogP contribution in [-0.2, 0) is 20.8 Å². The number of benzene rings is 3. The average molecular weight is 615 g/mol. The SMILES string of the molecule is Cc1ccc(C(C)C)cc1OCCNC(=O)[C@@H]1CC(=O)N[C@@H](Cc2ccccc2)C(=O)N(C)CCOc2ccccc2C(=O)N1. The maximum atomic E-state index is 13.4. The molecule has 0 saturated heterocycles. The monoisotopic (exact) mass is 614 g/mol. The Balaban J connectivity index is 1.51. The number of ether oxygens (including phenoxy) is 2. The van der Waals surface area contributed by atoms with Crippen molar-refractivity contribution in [3.05, 3.63) is 95.1 Å². The predicted molar refractivity (Wildman–Crippen MR) is 171 cm³/mol. The lowest BCUT2D eigenvalue weighted by molar-refractivity contribution is -0.136. The third-order valence-electron chi connectivity index (χ3n) is 7.66. The largest absolute Gasteiger partial charge is 0.491 e. The molecule has 0 fully saturated rings. The molecule has 4 rings (SSSR count). The van der Waals surface area contributed by atoms with Crippen LogP contribution in [0.15, 0.2) is 72.8 Å². The van der Waals surface area contributed by atoms with Crippen molar-refractivity contribution in [1.29, 1.82) is 0 Å². The molecule has 0 radical (unpaired) electrons. The first-order chi connectivity index (χ1) is 21.6. The summed E-state index contributed by atoms with van der Waals surface area (Å²) in [5, 5.41) is 8.28. The van der Waals surface area contributed by atoms with Crippen molar-refractivity contribution in [2.75, 3.05) is 33.4 Å². The molecule has 3 aromatic rings. The fourth-order valence-corrected chi connectivity index (χ4v) is 4.97. The molecule has 238 valence electrons. The van der Waals surface area contributed by atoms with Crippen LogP contribution in [0, 0.1) is 6.92 Å². The first kappa shape index (κ1) is 33.0. The Bertz CT molecular complexity index is 1490. The molecule has 1 aliphatic rings. The van der Waals surface area contributed by atoms with E-state index in [0.717, 1.165) is 22.4 Å². The number of nitrogens with zero attached hydrogens (tertiary/aromatic N) is 1. The molecule has 4 amide bonds. The minimum Gasteiger partial charge on any atom is -0.491 e. The molecule has 0 bridgehead atoms. The van der Waals surface area contributed by atoms with Crippen molar-refractivity contribution in [3.8, 4) is 11.5 Å². The van der Waals surface area contributed by atoms with Crippen LogP contribution < -0.4 is 25.4 Å². The van der Waals surface area contributed by atoms with E-state index in [0.29, 0.717) is 11.7 Å². The van der Waals surface area contributed by atoms with Gasteiger partial charge in [-0.2, -0.15) is 0 Å². The van der Waals surface area contributed by atoms with E-state index in [1.807, 2.05) is 49.4 Å². The zero-order valence-electron chi connectivity index (χ0n) is 26.3. The third kappa shape index (κ3) is 9.31. The summed E-state index contributed by atoms with van der Waals surface area (Å²) in [6.07, 6.45) is -0.114.